The molecule has 4 rings (SSSR count). The quantitative estimate of drug-likeness (QED) is 0.107. The summed E-state index contributed by atoms with van der Waals surface area (Å²) < 4.78 is 5.05. The Labute approximate surface area is 336 Å². The van der Waals surface area contributed by atoms with Crippen molar-refractivity contribution < 1.29 is 28.7 Å². The molecule has 1 aliphatic carbocycles. The van der Waals surface area contributed by atoms with E-state index in [0.29, 0.717) is 77.3 Å². The van der Waals surface area contributed by atoms with Gasteiger partial charge in [-0.15, -0.1) is 0 Å². The van der Waals surface area contributed by atoms with Crippen molar-refractivity contribution in [2.24, 2.45) is 26.5 Å². The van der Waals surface area contributed by atoms with Crippen LogP contribution < -0.4 is 11.1 Å². The second-order valence-corrected chi connectivity index (χ2v) is 14.2. The number of hydrogen-bond acceptors (Lipinski definition) is 9. The van der Waals surface area contributed by atoms with E-state index in [-0.39, 0.29) is 34.4 Å². The lowest BCUT2D eigenvalue weighted by atomic mass is 9.79. The molecule has 56 heavy (non-hydrogen) atoms. The average molecular weight is 779 g/mol. The molecule has 4 N–H and O–H groups in total. The fourth-order valence-corrected chi connectivity index (χ4v) is 6.43. The van der Waals surface area contributed by atoms with E-state index in [2.05, 4.69) is 54.9 Å². The zero-order chi connectivity index (χ0) is 43.4. The van der Waals surface area contributed by atoms with E-state index >= 15 is 0 Å². The predicted molar refractivity (Wildman–Crippen MR) is 229 cm³/mol. The first-order valence-electron chi connectivity index (χ1n) is 20.1. The van der Waals surface area contributed by atoms with E-state index in [1.54, 1.807) is 27.2 Å². The Morgan fingerprint density at radius 1 is 1.07 bits per heavy atom. The molecule has 0 atom stereocenters. The molecule has 0 saturated heterocycles. The maximum absolute atomic E-state index is 12.9. The Hall–Kier alpha value is -4.74. The van der Waals surface area contributed by atoms with Crippen molar-refractivity contribution in [3.63, 3.8) is 0 Å². The zero-order valence-corrected chi connectivity index (χ0v) is 37.0. The molecule has 1 amide bonds. The Morgan fingerprint density at radius 2 is 1.68 bits per heavy atom. The van der Waals surface area contributed by atoms with E-state index in [1.165, 1.54) is 12.7 Å². The third-order valence-corrected chi connectivity index (χ3v) is 9.84. The number of nitrogens with zero attached hydrogens (tertiary/aromatic N) is 4. The summed E-state index contributed by atoms with van der Waals surface area (Å²) in [6, 6.07) is 0. The number of amides is 1. The Morgan fingerprint density at radius 3 is 2.16 bits per heavy atom. The number of carboxylic acid groups (broad SMARTS) is 1. The minimum Gasteiger partial charge on any atom is -0.481 e. The van der Waals surface area contributed by atoms with Crippen LogP contribution in [0.25, 0.3) is 11.3 Å². The van der Waals surface area contributed by atoms with Crippen molar-refractivity contribution in [2.45, 2.75) is 148 Å². The highest BCUT2D eigenvalue weighted by Gasteiger charge is 2.34. The Bertz CT molecular complexity index is 1740. The van der Waals surface area contributed by atoms with Gasteiger partial charge in [-0.25, -0.2) is 4.98 Å². The summed E-state index contributed by atoms with van der Waals surface area (Å²) in [5.74, 6) is -1.56. The molecule has 0 bridgehead atoms. The van der Waals surface area contributed by atoms with E-state index in [1.807, 2.05) is 48.5 Å². The number of primary amides is 1. The molecule has 1 aliphatic heterocycles. The summed E-state index contributed by atoms with van der Waals surface area (Å²) in [5.41, 5.74) is 12.1. The van der Waals surface area contributed by atoms with E-state index in [9.17, 15) is 24.3 Å². The van der Waals surface area contributed by atoms with Crippen LogP contribution in [0.15, 0.2) is 49.5 Å². The van der Waals surface area contributed by atoms with Crippen LogP contribution in [0.1, 0.15) is 167 Å². The first-order valence-corrected chi connectivity index (χ1v) is 20.1. The third kappa shape index (κ3) is 14.4. The van der Waals surface area contributed by atoms with Gasteiger partial charge in [0.2, 0.25) is 0 Å². The largest absolute Gasteiger partial charge is 0.481 e. The average Bonchev–Trinajstić information content (AvgIpc) is 3.63. The van der Waals surface area contributed by atoms with Crippen molar-refractivity contribution in [3.05, 3.63) is 57.6 Å². The molecule has 0 aromatic carbocycles. The molecular formula is C44H70N6O6. The summed E-state index contributed by atoms with van der Waals surface area (Å²) in [4.78, 5) is 66.0. The number of pyridine rings is 1. The van der Waals surface area contributed by atoms with Gasteiger partial charge in [0.05, 0.1) is 29.7 Å². The highest BCUT2D eigenvalue weighted by Crippen LogP contribution is 2.40. The van der Waals surface area contributed by atoms with Gasteiger partial charge in [-0.2, -0.15) is 0 Å². The van der Waals surface area contributed by atoms with Gasteiger partial charge in [0.1, 0.15) is 12.0 Å². The number of ketones is 2. The molecule has 12 heteroatoms. The van der Waals surface area contributed by atoms with Gasteiger partial charge in [-0.05, 0) is 62.0 Å². The van der Waals surface area contributed by atoms with Crippen molar-refractivity contribution >= 4 is 35.5 Å². The van der Waals surface area contributed by atoms with Crippen LogP contribution in [0.3, 0.4) is 0 Å². The number of oxazole rings is 1. The van der Waals surface area contributed by atoms with Crippen LogP contribution in [0.5, 0.6) is 0 Å². The summed E-state index contributed by atoms with van der Waals surface area (Å²) in [7, 11) is 1.66. The van der Waals surface area contributed by atoms with E-state index < -0.39 is 11.9 Å². The number of aryl methyl sites for hydroxylation is 2. The standard InChI is InChI=1S/C21H33N3O3.C17H19N3O3.3C2H6/c1-7-21(5,8-2)11-19-18(15(4)25)9-16(12-23-13-22-6)17(10-20(26)27)14(3)24-19;1-9-13(16(18)22)15(11-7-23-8-19-11)14-10(20-9)4-5-17(2,3)6-12(14)21;3*1-2/h13H,7-12H2,1-6H3,(H,22,23)(H,26,27);7-8H,4-6H2,1-3H3,(H2,18,22);3*1-2H3. The first kappa shape index (κ1) is 51.3. The summed E-state index contributed by atoms with van der Waals surface area (Å²) in [5, 5.41) is 12.4. The number of aliphatic carboxylic acids is 1. The Balaban J connectivity index is 0.000000959. The summed E-state index contributed by atoms with van der Waals surface area (Å²) in [6.07, 6.45) is 9.20. The van der Waals surface area contributed by atoms with Gasteiger partial charge in [-0.1, -0.05) is 89.0 Å². The molecule has 0 unspecified atom stereocenters. The van der Waals surface area contributed by atoms with Crippen molar-refractivity contribution in [3.8, 4) is 11.3 Å². The van der Waals surface area contributed by atoms with E-state index in [0.717, 1.165) is 30.5 Å². The van der Waals surface area contributed by atoms with Crippen LogP contribution in [-0.4, -0.2) is 64.2 Å². The smallest absolute Gasteiger partial charge is 0.307 e. The van der Waals surface area contributed by atoms with Gasteiger partial charge < -0.3 is 20.6 Å². The molecule has 2 aromatic heterocycles. The monoisotopic (exact) mass is 779 g/mol. The minimum atomic E-state index is -0.902. The number of hydrogen-bond donors (Lipinski definition) is 3. The second-order valence-electron chi connectivity index (χ2n) is 14.2. The molecule has 3 heterocycles. The lowest BCUT2D eigenvalue weighted by Crippen LogP contribution is -2.20. The van der Waals surface area contributed by atoms with Crippen molar-refractivity contribution in [1.82, 2.24) is 15.3 Å². The third-order valence-electron chi connectivity index (χ3n) is 9.84. The number of fused-ring (bicyclic) bond motifs is 1. The minimum absolute atomic E-state index is 0.00524. The van der Waals surface area contributed by atoms with Crippen LogP contribution in [0.2, 0.25) is 0 Å². The number of aliphatic imine (C=N–C) groups is 2. The first-order chi connectivity index (χ1) is 26.5. The highest BCUT2D eigenvalue weighted by atomic mass is 16.4. The maximum atomic E-state index is 12.9. The van der Waals surface area contributed by atoms with Gasteiger partial charge in [0, 0.05) is 54.5 Å². The Kier molecular flexibility index (Phi) is 22.6. The second kappa shape index (κ2) is 24.7. The topological polar surface area (TPSA) is 190 Å². The maximum Gasteiger partial charge on any atom is 0.307 e. The molecule has 0 saturated carbocycles. The van der Waals surface area contributed by atoms with E-state index in [4.69, 9.17) is 15.1 Å². The lowest BCUT2D eigenvalue weighted by molar-refractivity contribution is -0.136. The molecular weight excluding hydrogens is 709 g/mol. The van der Waals surface area contributed by atoms with Gasteiger partial charge in [-0.3, -0.25) is 34.1 Å². The molecule has 2 aliphatic rings. The number of carboxylic acids is 1. The number of nitrogens with one attached hydrogen (secondary N) is 1. The molecule has 312 valence electrons. The molecule has 0 radical (unpaired) electrons. The predicted octanol–water partition coefficient (Wildman–Crippen LogP) is 9.70. The van der Waals surface area contributed by atoms with Gasteiger partial charge in [0.15, 0.2) is 18.0 Å². The molecule has 0 fully saturated rings. The number of nitrogens with two attached hydrogens (primary N) is 1. The fourth-order valence-electron chi connectivity index (χ4n) is 6.43. The van der Waals surface area contributed by atoms with Gasteiger partial charge in [0.25, 0.3) is 5.91 Å². The van der Waals surface area contributed by atoms with Gasteiger partial charge >= 0.3 is 5.97 Å². The number of aromatic nitrogens is 2. The van der Waals surface area contributed by atoms with Crippen molar-refractivity contribution in [1.29, 1.82) is 0 Å². The van der Waals surface area contributed by atoms with Crippen LogP contribution in [0, 0.1) is 17.8 Å². The summed E-state index contributed by atoms with van der Waals surface area (Å²) in [6.45, 7) is 28.2. The number of carbonyl (C=O) groups is 4. The SMILES string of the molecule is CC.CC.CC.CCC(C)(CC)CC1=C(C(C)=O)CC(CNC=NC)=C(CC(=O)O)C(C)=N1.Cc1nc2c(c(-c3cocn3)c1C(N)=O)C(=O)CC(C)(C)CC2. The number of Topliss-reactive ketones (excluding diaryl/α,β-unsaturated/α-hetero) is 2. The molecule has 12 nitrogen and oxygen atoms in total. The van der Waals surface area contributed by atoms with Crippen LogP contribution >= 0.6 is 0 Å². The molecule has 0 spiro atoms. The zero-order valence-electron chi connectivity index (χ0n) is 37.0. The lowest BCUT2D eigenvalue weighted by Gasteiger charge is -2.27. The molecule has 2 aromatic rings. The highest BCUT2D eigenvalue weighted by molar-refractivity contribution is 6.10. The normalized spacial score (nSPS) is 14.8. The number of carbonyl (C=O) groups excluding carboxylic acids is 3. The van der Waals surface area contributed by atoms with Crippen LogP contribution in [0.4, 0.5) is 0 Å². The number of allylic oxidation sites excluding steroid dienone is 2. The number of rotatable bonds is 12. The summed E-state index contributed by atoms with van der Waals surface area (Å²) >= 11 is 0. The van der Waals surface area contributed by atoms with Crippen molar-refractivity contribution in [2.75, 3.05) is 13.6 Å². The van der Waals surface area contributed by atoms with Crippen LogP contribution in [-0.2, 0) is 16.0 Å². The fraction of sp³-hybridized carbons (Fsp3) is 0.591.